The van der Waals surface area contributed by atoms with Crippen molar-refractivity contribution in [2.45, 2.75) is 19.9 Å². The molecule has 4 N–H and O–H groups in total. The van der Waals surface area contributed by atoms with E-state index in [1.54, 1.807) is 0 Å². The molecule has 0 unspecified atom stereocenters. The lowest BCUT2D eigenvalue weighted by molar-refractivity contribution is 0.448. The fourth-order valence-corrected chi connectivity index (χ4v) is 0.901. The molecule has 1 aromatic rings. The molecule has 0 fully saturated rings. The maximum Gasteiger partial charge on any atom is 0.122 e. The van der Waals surface area contributed by atoms with Gasteiger partial charge in [0.2, 0.25) is 0 Å². The molecule has 12 heavy (non-hydrogen) atoms. The number of halogens is 1. The van der Waals surface area contributed by atoms with Crippen molar-refractivity contribution in [1.82, 2.24) is 0 Å². The molecule has 1 heterocycles. The number of hydrogen-bond acceptors (Lipinski definition) is 3. The number of nitrogens with two attached hydrogens (primary N) is 2. The monoisotopic (exact) mass is 190 g/mol. The summed E-state index contributed by atoms with van der Waals surface area (Å²) in [6.45, 7) is 4.33. The molecule has 0 aromatic carbocycles. The van der Waals surface area contributed by atoms with Gasteiger partial charge in [-0.25, -0.2) is 0 Å². The second-order valence-electron chi connectivity index (χ2n) is 2.73. The Bertz CT molecular complexity index is 228. The van der Waals surface area contributed by atoms with E-state index in [9.17, 15) is 0 Å². The Balaban J connectivity index is 0.00000121. The van der Waals surface area contributed by atoms with E-state index in [-0.39, 0.29) is 18.4 Å². The summed E-state index contributed by atoms with van der Waals surface area (Å²) in [6.07, 6.45) is 0. The van der Waals surface area contributed by atoms with E-state index in [1.165, 1.54) is 0 Å². The van der Waals surface area contributed by atoms with E-state index in [1.807, 2.05) is 19.9 Å². The predicted octanol–water partition coefficient (Wildman–Crippen LogP) is 1.28. The van der Waals surface area contributed by atoms with Gasteiger partial charge in [-0.2, -0.15) is 0 Å². The van der Waals surface area contributed by atoms with Gasteiger partial charge in [-0.15, -0.1) is 12.4 Å². The Morgan fingerprint density at radius 2 is 2.08 bits per heavy atom. The Kier molecular flexibility index (Phi) is 4.31. The highest BCUT2D eigenvalue weighted by molar-refractivity contribution is 5.85. The molecule has 0 radical (unpaired) electrons. The Morgan fingerprint density at radius 3 is 2.42 bits per heavy atom. The van der Waals surface area contributed by atoms with Gasteiger partial charge in [0.15, 0.2) is 0 Å². The molecule has 0 saturated heterocycles. The average Bonchev–Trinajstić information content (AvgIpc) is 2.31. The zero-order valence-electron chi connectivity index (χ0n) is 7.33. The molecular formula is C8H15ClN2O. The van der Waals surface area contributed by atoms with Crippen LogP contribution in [0.15, 0.2) is 10.5 Å². The maximum absolute atomic E-state index is 5.66. The summed E-state index contributed by atoms with van der Waals surface area (Å²) in [5, 5.41) is 0. The van der Waals surface area contributed by atoms with E-state index >= 15 is 0 Å². The summed E-state index contributed by atoms with van der Waals surface area (Å²) >= 11 is 0. The Hall–Kier alpha value is -0.510. The Labute approximate surface area is 78.5 Å². The summed E-state index contributed by atoms with van der Waals surface area (Å²) in [5.74, 6) is 1.70. The van der Waals surface area contributed by atoms with Crippen LogP contribution in [-0.4, -0.2) is 6.54 Å². The summed E-state index contributed by atoms with van der Waals surface area (Å²) in [6, 6.07) is 1.77. The van der Waals surface area contributed by atoms with Crippen LogP contribution in [0.4, 0.5) is 0 Å². The molecular weight excluding hydrogens is 176 g/mol. The highest BCUT2D eigenvalue weighted by Crippen LogP contribution is 2.17. The van der Waals surface area contributed by atoms with Gasteiger partial charge in [-0.1, -0.05) is 0 Å². The van der Waals surface area contributed by atoms with Gasteiger partial charge >= 0.3 is 0 Å². The van der Waals surface area contributed by atoms with Gasteiger partial charge in [-0.3, -0.25) is 0 Å². The second-order valence-corrected chi connectivity index (χ2v) is 2.73. The van der Waals surface area contributed by atoms with Crippen molar-refractivity contribution in [3.63, 3.8) is 0 Å². The van der Waals surface area contributed by atoms with Gasteiger partial charge in [0, 0.05) is 6.54 Å². The molecule has 0 aliphatic rings. The first-order valence-electron chi connectivity index (χ1n) is 3.67. The molecule has 70 valence electrons. The third kappa shape index (κ3) is 2.24. The lowest BCUT2D eigenvalue weighted by Crippen LogP contribution is -2.19. The molecule has 0 spiro atoms. The van der Waals surface area contributed by atoms with Crippen LogP contribution in [0, 0.1) is 13.8 Å². The second kappa shape index (κ2) is 4.50. The van der Waals surface area contributed by atoms with E-state index in [4.69, 9.17) is 15.9 Å². The van der Waals surface area contributed by atoms with Crippen LogP contribution >= 0.6 is 12.4 Å². The maximum atomic E-state index is 5.66. The minimum atomic E-state index is -0.164. The van der Waals surface area contributed by atoms with E-state index in [0.717, 1.165) is 17.1 Å². The lowest BCUT2D eigenvalue weighted by atomic mass is 10.2. The Morgan fingerprint density at radius 1 is 1.50 bits per heavy atom. The fourth-order valence-electron chi connectivity index (χ4n) is 0.901. The lowest BCUT2D eigenvalue weighted by Gasteiger charge is -2.02. The van der Waals surface area contributed by atoms with Crippen LogP contribution in [0.2, 0.25) is 0 Å². The van der Waals surface area contributed by atoms with E-state index in [0.29, 0.717) is 6.54 Å². The summed E-state index contributed by atoms with van der Waals surface area (Å²) < 4.78 is 5.36. The number of furan rings is 1. The van der Waals surface area contributed by atoms with Gasteiger partial charge in [-0.05, 0) is 25.5 Å². The topological polar surface area (TPSA) is 65.2 Å². The summed E-state index contributed by atoms with van der Waals surface area (Å²) in [7, 11) is 0. The highest BCUT2D eigenvalue weighted by atomic mass is 35.5. The van der Waals surface area contributed by atoms with Crippen LogP contribution in [-0.2, 0) is 0 Å². The fraction of sp³-hybridized carbons (Fsp3) is 0.500. The first kappa shape index (κ1) is 11.5. The van der Waals surface area contributed by atoms with Gasteiger partial charge in [0.1, 0.15) is 11.5 Å². The van der Waals surface area contributed by atoms with Gasteiger partial charge < -0.3 is 15.9 Å². The van der Waals surface area contributed by atoms with Crippen LogP contribution in [0.3, 0.4) is 0 Å². The van der Waals surface area contributed by atoms with Crippen LogP contribution in [0.25, 0.3) is 0 Å². The first-order valence-corrected chi connectivity index (χ1v) is 3.67. The van der Waals surface area contributed by atoms with Crippen LogP contribution in [0.1, 0.15) is 23.1 Å². The van der Waals surface area contributed by atoms with Crippen LogP contribution in [0.5, 0.6) is 0 Å². The van der Waals surface area contributed by atoms with E-state index < -0.39 is 0 Å². The minimum absolute atomic E-state index is 0. The molecule has 0 saturated carbocycles. The van der Waals surface area contributed by atoms with Gasteiger partial charge in [0.05, 0.1) is 6.04 Å². The van der Waals surface area contributed by atoms with Crippen molar-refractivity contribution in [2.24, 2.45) is 11.5 Å². The standard InChI is InChI=1S/C8H14N2O.ClH/c1-5-3-8(7(10)4-9)11-6(5)2;/h3,7H,4,9-10H2,1-2H3;1H/t7-;/m1./s1. The quantitative estimate of drug-likeness (QED) is 0.739. The molecule has 0 amide bonds. The zero-order chi connectivity index (χ0) is 8.43. The van der Waals surface area contributed by atoms with Crippen LogP contribution < -0.4 is 11.5 Å². The van der Waals surface area contributed by atoms with E-state index in [2.05, 4.69) is 0 Å². The molecule has 3 nitrogen and oxygen atoms in total. The molecule has 4 heteroatoms. The van der Waals surface area contributed by atoms with Crippen molar-refractivity contribution >= 4 is 12.4 Å². The SMILES string of the molecule is Cc1cc([C@H](N)CN)oc1C.Cl. The predicted molar refractivity (Wildman–Crippen MR) is 51.4 cm³/mol. The average molecular weight is 191 g/mol. The van der Waals surface area contributed by atoms with Crippen molar-refractivity contribution in [3.8, 4) is 0 Å². The normalized spacial score (nSPS) is 12.3. The van der Waals surface area contributed by atoms with Gasteiger partial charge in [0.25, 0.3) is 0 Å². The largest absolute Gasteiger partial charge is 0.464 e. The molecule has 1 rings (SSSR count). The molecule has 1 aromatic heterocycles. The highest BCUT2D eigenvalue weighted by Gasteiger charge is 2.09. The summed E-state index contributed by atoms with van der Waals surface area (Å²) in [5.41, 5.74) is 12.2. The molecule has 0 aliphatic heterocycles. The third-order valence-corrected chi connectivity index (χ3v) is 1.80. The summed E-state index contributed by atoms with van der Waals surface area (Å²) in [4.78, 5) is 0. The molecule has 0 aliphatic carbocycles. The van der Waals surface area contributed by atoms with Crippen molar-refractivity contribution in [3.05, 3.63) is 23.2 Å². The number of hydrogen-bond donors (Lipinski definition) is 2. The third-order valence-electron chi connectivity index (χ3n) is 1.80. The zero-order valence-corrected chi connectivity index (χ0v) is 8.15. The number of rotatable bonds is 2. The molecule has 0 bridgehead atoms. The van der Waals surface area contributed by atoms with Crippen molar-refractivity contribution < 1.29 is 4.42 Å². The molecule has 1 atom stereocenters. The first-order chi connectivity index (χ1) is 5.15. The van der Waals surface area contributed by atoms with Crippen molar-refractivity contribution in [2.75, 3.05) is 6.54 Å². The number of aryl methyl sites for hydroxylation is 2. The minimum Gasteiger partial charge on any atom is -0.464 e. The van der Waals surface area contributed by atoms with Crippen molar-refractivity contribution in [1.29, 1.82) is 0 Å². The smallest absolute Gasteiger partial charge is 0.122 e.